The molecule has 17 heavy (non-hydrogen) atoms. The molecule has 0 bridgehead atoms. The highest BCUT2D eigenvalue weighted by molar-refractivity contribution is 5.72. The summed E-state index contributed by atoms with van der Waals surface area (Å²) < 4.78 is 30.8. The zero-order chi connectivity index (χ0) is 12.3. The maximum atomic E-state index is 13.1. The molecule has 0 spiro atoms. The van der Waals surface area contributed by atoms with Crippen molar-refractivity contribution in [2.24, 2.45) is 4.99 Å². The molecule has 0 atom stereocenters. The molecule has 4 heteroatoms. The molecule has 0 unspecified atom stereocenters. The number of allylic oxidation sites excluding steroid dienone is 1. The Morgan fingerprint density at radius 1 is 1.35 bits per heavy atom. The minimum absolute atomic E-state index is 0.145. The van der Waals surface area contributed by atoms with Crippen molar-refractivity contribution < 1.29 is 13.5 Å². The third-order valence-electron chi connectivity index (χ3n) is 2.21. The summed E-state index contributed by atoms with van der Waals surface area (Å²) in [5.41, 5.74) is 1.89. The summed E-state index contributed by atoms with van der Waals surface area (Å²) >= 11 is 0. The first-order valence-corrected chi connectivity index (χ1v) is 5.18. The van der Waals surface area contributed by atoms with Gasteiger partial charge in [-0.3, -0.25) is 0 Å². The summed E-state index contributed by atoms with van der Waals surface area (Å²) in [6.45, 7) is 3.26. The predicted molar refractivity (Wildman–Crippen MR) is 61.5 cm³/mol. The third-order valence-corrected chi connectivity index (χ3v) is 2.21. The van der Waals surface area contributed by atoms with Crippen molar-refractivity contribution in [3.8, 4) is 5.75 Å². The number of hydrogen-bond acceptors (Lipinski definition) is 2. The highest BCUT2D eigenvalue weighted by Gasteiger charge is 2.29. The fourth-order valence-corrected chi connectivity index (χ4v) is 1.37. The minimum Gasteiger partial charge on any atom is -0.432 e. The number of ether oxygens (including phenoxy) is 1. The number of rotatable bonds is 6. The van der Waals surface area contributed by atoms with E-state index in [1.54, 1.807) is 12.1 Å². The maximum absolute atomic E-state index is 13.1. The monoisotopic (exact) mass is 235 g/mol. The van der Waals surface area contributed by atoms with Crippen LogP contribution in [-0.4, -0.2) is 12.0 Å². The number of benzene rings is 1. The van der Waals surface area contributed by atoms with Crippen LogP contribution in [-0.2, 0) is 6.42 Å². The number of nitrogens with zero attached hydrogens (tertiary/aromatic N) is 1. The zero-order valence-corrected chi connectivity index (χ0v) is 9.12. The molecule has 0 saturated carbocycles. The fourth-order valence-electron chi connectivity index (χ4n) is 1.37. The van der Waals surface area contributed by atoms with E-state index < -0.39 is 12.5 Å². The fraction of sp³-hybridized carbons (Fsp3) is 0.231. The van der Waals surface area contributed by atoms with Crippen LogP contribution >= 0.6 is 0 Å². The van der Waals surface area contributed by atoms with Gasteiger partial charge in [-0.25, -0.2) is 0 Å². The lowest BCUT2D eigenvalue weighted by Crippen LogP contribution is -2.23. The van der Waals surface area contributed by atoms with Crippen molar-refractivity contribution in [1.29, 1.82) is 0 Å². The largest absolute Gasteiger partial charge is 0.432 e. The van der Waals surface area contributed by atoms with Gasteiger partial charge in [0.2, 0.25) is 0 Å². The number of alkyl halides is 2. The van der Waals surface area contributed by atoms with Crippen LogP contribution in [0.2, 0.25) is 0 Å². The Bertz CT molecular complexity index is 485. The van der Waals surface area contributed by atoms with E-state index >= 15 is 0 Å². The molecule has 1 aromatic rings. The van der Waals surface area contributed by atoms with Gasteiger partial charge in [-0.05, 0) is 17.7 Å². The van der Waals surface area contributed by atoms with Crippen LogP contribution in [0.25, 0.3) is 0 Å². The Morgan fingerprint density at radius 3 is 2.53 bits per heavy atom. The molecule has 0 aliphatic carbocycles. The van der Waals surface area contributed by atoms with Crippen molar-refractivity contribution >= 4 is 5.87 Å². The highest BCUT2D eigenvalue weighted by atomic mass is 19.3. The molecule has 1 aromatic carbocycles. The molecule has 2 nitrogen and oxygen atoms in total. The lowest BCUT2D eigenvalue weighted by atomic mass is 10.1. The molecule has 0 N–H and O–H groups in total. The predicted octanol–water partition coefficient (Wildman–Crippen LogP) is 3.34. The first-order chi connectivity index (χ1) is 8.09. The topological polar surface area (TPSA) is 21.6 Å². The second-order valence-corrected chi connectivity index (χ2v) is 3.72. The van der Waals surface area contributed by atoms with E-state index in [1.807, 2.05) is 0 Å². The zero-order valence-electron chi connectivity index (χ0n) is 9.12. The minimum atomic E-state index is -3.20. The standard InChI is InChI=1S/C13H11F2NO/c1-2-7-13(14,15)17-12-5-3-10(4-6-12)8-11-9-16-11/h2-6H,1,7-8H2. The van der Waals surface area contributed by atoms with Crippen molar-refractivity contribution in [3.05, 3.63) is 48.2 Å². The molecule has 1 aliphatic heterocycles. The third kappa shape index (κ3) is 3.54. The van der Waals surface area contributed by atoms with Gasteiger partial charge in [0.25, 0.3) is 0 Å². The van der Waals surface area contributed by atoms with Crippen LogP contribution in [0.4, 0.5) is 8.78 Å². The first-order valence-electron chi connectivity index (χ1n) is 5.18. The number of hydrogen-bond donors (Lipinski definition) is 0. The molecule has 0 saturated heterocycles. The lowest BCUT2D eigenvalue weighted by molar-refractivity contribution is -0.172. The van der Waals surface area contributed by atoms with Crippen LogP contribution in [0.15, 0.2) is 47.6 Å². The van der Waals surface area contributed by atoms with Gasteiger partial charge in [-0.1, -0.05) is 18.2 Å². The summed E-state index contributed by atoms with van der Waals surface area (Å²) in [7, 11) is 0. The Balaban J connectivity index is 1.97. The van der Waals surface area contributed by atoms with E-state index in [4.69, 9.17) is 0 Å². The molecule has 2 rings (SSSR count). The van der Waals surface area contributed by atoms with Crippen LogP contribution in [0.1, 0.15) is 12.0 Å². The normalized spacial score (nSPS) is 13.2. The van der Waals surface area contributed by atoms with Gasteiger partial charge in [0, 0.05) is 12.3 Å². The molecule has 0 aromatic heterocycles. The van der Waals surface area contributed by atoms with Crippen LogP contribution in [0.3, 0.4) is 0 Å². The summed E-state index contributed by atoms with van der Waals surface area (Å²) in [6, 6.07) is 6.52. The average molecular weight is 235 g/mol. The summed E-state index contributed by atoms with van der Waals surface area (Å²) in [5, 5.41) is 0. The molecule has 0 fully saturated rings. The number of halogens is 2. The van der Waals surface area contributed by atoms with Gasteiger partial charge in [0.15, 0.2) is 0 Å². The maximum Gasteiger partial charge on any atom is 0.401 e. The van der Waals surface area contributed by atoms with E-state index in [2.05, 4.69) is 22.2 Å². The Kier molecular flexibility index (Phi) is 3.07. The van der Waals surface area contributed by atoms with Gasteiger partial charge in [-0.15, -0.1) is 6.58 Å². The van der Waals surface area contributed by atoms with Gasteiger partial charge >= 0.3 is 6.11 Å². The quantitative estimate of drug-likeness (QED) is 0.693. The van der Waals surface area contributed by atoms with Crippen molar-refractivity contribution in [2.45, 2.75) is 19.0 Å². The highest BCUT2D eigenvalue weighted by Crippen LogP contribution is 2.25. The van der Waals surface area contributed by atoms with Gasteiger partial charge in [-0.2, -0.15) is 13.8 Å². The van der Waals surface area contributed by atoms with Gasteiger partial charge in [0.1, 0.15) is 11.4 Å². The molecular formula is C13H11F2NO. The summed E-state index contributed by atoms with van der Waals surface area (Å²) in [6.07, 6.45) is -1.89. The van der Waals surface area contributed by atoms with Gasteiger partial charge < -0.3 is 4.74 Å². The Hall–Kier alpha value is -1.93. The van der Waals surface area contributed by atoms with Crippen molar-refractivity contribution in [2.75, 3.05) is 0 Å². The smallest absolute Gasteiger partial charge is 0.401 e. The molecule has 1 aliphatic rings. The average Bonchev–Trinajstić information content (AvgIpc) is 3.04. The van der Waals surface area contributed by atoms with Crippen molar-refractivity contribution in [3.63, 3.8) is 0 Å². The van der Waals surface area contributed by atoms with E-state index in [1.165, 1.54) is 12.1 Å². The van der Waals surface area contributed by atoms with E-state index in [0.29, 0.717) is 6.42 Å². The van der Waals surface area contributed by atoms with E-state index in [9.17, 15) is 8.78 Å². The Labute approximate surface area is 97.9 Å². The second kappa shape index (κ2) is 4.52. The van der Waals surface area contributed by atoms with Gasteiger partial charge in [0.05, 0.1) is 6.42 Å². The van der Waals surface area contributed by atoms with Crippen LogP contribution < -0.4 is 4.74 Å². The summed E-state index contributed by atoms with van der Waals surface area (Å²) in [5.74, 6) is 2.88. The lowest BCUT2D eigenvalue weighted by Gasteiger charge is -2.16. The first kappa shape index (κ1) is 11.6. The van der Waals surface area contributed by atoms with E-state index in [-0.39, 0.29) is 5.75 Å². The van der Waals surface area contributed by atoms with Crippen LogP contribution in [0.5, 0.6) is 5.75 Å². The number of aliphatic imine (C=N–C) groups is 1. The van der Waals surface area contributed by atoms with E-state index in [0.717, 1.165) is 17.3 Å². The second-order valence-electron chi connectivity index (χ2n) is 3.72. The molecule has 88 valence electrons. The summed E-state index contributed by atoms with van der Waals surface area (Å²) in [4.78, 5) is 3.81. The molecule has 0 radical (unpaired) electrons. The molecule has 1 heterocycles. The molecule has 0 amide bonds. The van der Waals surface area contributed by atoms with Crippen LogP contribution in [0, 0.1) is 0 Å². The molecular weight excluding hydrogens is 224 g/mol. The van der Waals surface area contributed by atoms with Crippen molar-refractivity contribution in [1.82, 2.24) is 0 Å². The Morgan fingerprint density at radius 2 is 2.00 bits per heavy atom. The SMILES string of the molecule is C=CCC(F)(F)Oc1ccc(CC2=C=N2)cc1.